The average Bonchev–Trinajstić information content (AvgIpc) is 3.16. The highest BCUT2D eigenvalue weighted by molar-refractivity contribution is 7.98. The zero-order valence-corrected chi connectivity index (χ0v) is 15.3. The number of aryl methyl sites for hydroxylation is 1. The molecule has 0 saturated heterocycles. The fraction of sp³-hybridized carbons (Fsp3) is 0.389. The third-order valence-electron chi connectivity index (χ3n) is 4.11. The van der Waals surface area contributed by atoms with E-state index in [1.54, 1.807) is 22.5 Å². The summed E-state index contributed by atoms with van der Waals surface area (Å²) in [6.45, 7) is 4.67. The van der Waals surface area contributed by atoms with E-state index in [9.17, 15) is 9.59 Å². The van der Waals surface area contributed by atoms with Crippen LogP contribution in [0, 0.1) is 6.92 Å². The molecule has 0 radical (unpaired) electrons. The van der Waals surface area contributed by atoms with Gasteiger partial charge in [-0.05, 0) is 25.0 Å². The molecule has 0 bridgehead atoms. The minimum atomic E-state index is -0.173. The topological polar surface area (TPSA) is 76.0 Å². The van der Waals surface area contributed by atoms with Crippen molar-refractivity contribution >= 4 is 29.4 Å². The van der Waals surface area contributed by atoms with E-state index in [0.717, 1.165) is 34.7 Å². The van der Waals surface area contributed by atoms with Gasteiger partial charge in [0, 0.05) is 29.2 Å². The molecule has 0 spiro atoms. The summed E-state index contributed by atoms with van der Waals surface area (Å²) in [5.41, 5.74) is 3.52. The van der Waals surface area contributed by atoms with Crippen LogP contribution in [0.1, 0.15) is 40.5 Å². The first-order chi connectivity index (χ1) is 12.1. The molecule has 3 rings (SSSR count). The van der Waals surface area contributed by atoms with Crippen LogP contribution in [-0.2, 0) is 22.8 Å². The molecule has 132 valence electrons. The highest BCUT2D eigenvalue weighted by atomic mass is 32.2. The third-order valence-corrected chi connectivity index (χ3v) is 5.08. The van der Waals surface area contributed by atoms with Gasteiger partial charge in [-0.1, -0.05) is 25.1 Å². The monoisotopic (exact) mass is 358 g/mol. The van der Waals surface area contributed by atoms with Gasteiger partial charge in [0.15, 0.2) is 0 Å². The van der Waals surface area contributed by atoms with Crippen molar-refractivity contribution in [1.82, 2.24) is 15.1 Å². The van der Waals surface area contributed by atoms with Crippen molar-refractivity contribution in [2.24, 2.45) is 0 Å². The first-order valence-corrected chi connectivity index (χ1v) is 9.55. The van der Waals surface area contributed by atoms with E-state index in [1.165, 1.54) is 0 Å². The zero-order valence-electron chi connectivity index (χ0n) is 14.5. The summed E-state index contributed by atoms with van der Waals surface area (Å²) >= 11 is 1.76. The van der Waals surface area contributed by atoms with Gasteiger partial charge in [0.1, 0.15) is 12.4 Å². The van der Waals surface area contributed by atoms with Crippen LogP contribution < -0.4 is 10.6 Å². The van der Waals surface area contributed by atoms with Crippen molar-refractivity contribution in [3.63, 3.8) is 0 Å². The molecule has 1 aliphatic heterocycles. The van der Waals surface area contributed by atoms with Crippen LogP contribution >= 0.6 is 11.8 Å². The fourth-order valence-corrected chi connectivity index (χ4v) is 3.81. The van der Waals surface area contributed by atoms with Gasteiger partial charge in [-0.2, -0.15) is 16.9 Å². The second-order valence-electron chi connectivity index (χ2n) is 6.04. The Morgan fingerprint density at radius 2 is 2.08 bits per heavy atom. The Morgan fingerprint density at radius 3 is 2.84 bits per heavy atom. The summed E-state index contributed by atoms with van der Waals surface area (Å²) in [5.74, 6) is 1.98. The summed E-state index contributed by atoms with van der Waals surface area (Å²) in [7, 11) is 0. The molecule has 2 N–H and O–H groups in total. The first kappa shape index (κ1) is 17.5. The van der Waals surface area contributed by atoms with E-state index < -0.39 is 0 Å². The van der Waals surface area contributed by atoms with E-state index in [-0.39, 0.29) is 18.4 Å². The highest BCUT2D eigenvalue weighted by Gasteiger charge is 2.25. The van der Waals surface area contributed by atoms with E-state index in [4.69, 9.17) is 0 Å². The fourth-order valence-electron chi connectivity index (χ4n) is 2.78. The van der Waals surface area contributed by atoms with E-state index in [2.05, 4.69) is 15.7 Å². The van der Waals surface area contributed by atoms with Crippen molar-refractivity contribution in [3.8, 4) is 0 Å². The van der Waals surface area contributed by atoms with E-state index in [0.29, 0.717) is 17.9 Å². The molecule has 0 fully saturated rings. The molecular weight excluding hydrogens is 336 g/mol. The molecule has 25 heavy (non-hydrogen) atoms. The zero-order chi connectivity index (χ0) is 17.8. The van der Waals surface area contributed by atoms with Gasteiger partial charge in [-0.25, -0.2) is 4.68 Å². The normalized spacial score (nSPS) is 12.7. The summed E-state index contributed by atoms with van der Waals surface area (Å²) < 4.78 is 1.62. The number of rotatable bonds is 6. The molecule has 2 heterocycles. The van der Waals surface area contributed by atoms with Gasteiger partial charge < -0.3 is 10.6 Å². The van der Waals surface area contributed by atoms with Crippen LogP contribution in [0.4, 0.5) is 5.82 Å². The number of carbonyl (C=O) groups excluding carboxylic acids is 2. The third kappa shape index (κ3) is 3.87. The van der Waals surface area contributed by atoms with Crippen molar-refractivity contribution < 1.29 is 9.59 Å². The molecule has 2 amide bonds. The number of fused-ring (bicyclic) bond motifs is 1. The lowest BCUT2D eigenvalue weighted by Gasteiger charge is -2.12. The Balaban J connectivity index is 1.83. The predicted octanol–water partition coefficient (Wildman–Crippen LogP) is 2.72. The molecule has 2 aromatic rings. The number of carbonyl (C=O) groups is 2. The first-order valence-electron chi connectivity index (χ1n) is 8.40. The molecule has 1 aromatic heterocycles. The summed E-state index contributed by atoms with van der Waals surface area (Å²) in [5, 5.41) is 10.4. The summed E-state index contributed by atoms with van der Waals surface area (Å²) in [4.78, 5) is 24.8. The van der Waals surface area contributed by atoms with Gasteiger partial charge >= 0.3 is 0 Å². The molecule has 1 aromatic carbocycles. The molecule has 1 aliphatic rings. The Bertz CT molecular complexity index is 800. The minimum Gasteiger partial charge on any atom is -0.355 e. The number of nitrogens with zero attached hydrogens (tertiary/aromatic N) is 2. The number of amides is 2. The molecule has 0 atom stereocenters. The molecule has 0 aliphatic carbocycles. The Kier molecular flexibility index (Phi) is 5.43. The van der Waals surface area contributed by atoms with Gasteiger partial charge in [0.2, 0.25) is 5.91 Å². The number of benzene rings is 1. The second-order valence-corrected chi connectivity index (χ2v) is 7.03. The summed E-state index contributed by atoms with van der Waals surface area (Å²) in [6.07, 6.45) is 0.884. The number of nitrogens with one attached hydrogen (secondary N) is 2. The van der Waals surface area contributed by atoms with Gasteiger partial charge in [0.05, 0.1) is 5.69 Å². The number of hydrogen-bond acceptors (Lipinski definition) is 4. The van der Waals surface area contributed by atoms with Crippen LogP contribution in [0.2, 0.25) is 0 Å². The van der Waals surface area contributed by atoms with Crippen LogP contribution in [0.25, 0.3) is 0 Å². The van der Waals surface area contributed by atoms with Gasteiger partial charge in [-0.15, -0.1) is 0 Å². The van der Waals surface area contributed by atoms with Gasteiger partial charge in [-0.3, -0.25) is 9.59 Å². The van der Waals surface area contributed by atoms with Crippen LogP contribution in [-0.4, -0.2) is 28.1 Å². The molecule has 0 unspecified atom stereocenters. The minimum absolute atomic E-state index is 0.0953. The average molecular weight is 358 g/mol. The van der Waals surface area contributed by atoms with Crippen LogP contribution in [0.3, 0.4) is 0 Å². The van der Waals surface area contributed by atoms with Gasteiger partial charge in [0.25, 0.3) is 5.91 Å². The molecule has 6 nitrogen and oxygen atoms in total. The van der Waals surface area contributed by atoms with E-state index >= 15 is 0 Å². The number of thioether (sulfide) groups is 1. The van der Waals surface area contributed by atoms with Crippen molar-refractivity contribution in [2.45, 2.75) is 38.3 Å². The lowest BCUT2D eigenvalue weighted by Crippen LogP contribution is -2.29. The molecular formula is C18H22N4O2S. The van der Waals surface area contributed by atoms with Crippen molar-refractivity contribution in [3.05, 3.63) is 46.6 Å². The lowest BCUT2D eigenvalue weighted by molar-refractivity contribution is -0.121. The lowest BCUT2D eigenvalue weighted by atomic mass is 10.1. The maximum atomic E-state index is 12.7. The van der Waals surface area contributed by atoms with Crippen molar-refractivity contribution in [1.29, 1.82) is 0 Å². The second kappa shape index (κ2) is 7.74. The predicted molar refractivity (Wildman–Crippen MR) is 99.7 cm³/mol. The highest BCUT2D eigenvalue weighted by Crippen LogP contribution is 2.34. The largest absolute Gasteiger partial charge is 0.355 e. The van der Waals surface area contributed by atoms with E-state index in [1.807, 2.05) is 32.0 Å². The quantitative estimate of drug-likeness (QED) is 0.832. The number of hydrogen-bond donors (Lipinski definition) is 2. The molecule has 0 saturated carbocycles. The van der Waals surface area contributed by atoms with Crippen LogP contribution in [0.15, 0.2) is 24.3 Å². The SMILES string of the molecule is CCCNC(=O)Cn1nc2c(c1NC(=O)c1ccccc1C)CSC2. The van der Waals surface area contributed by atoms with Crippen molar-refractivity contribution in [2.75, 3.05) is 11.9 Å². The standard InChI is InChI=1S/C18H22N4O2S/c1-3-8-19-16(23)9-22-17(14-10-25-11-15(14)21-22)20-18(24)13-7-5-4-6-12(13)2/h4-7H,3,8-11H2,1-2H3,(H,19,23)(H,20,24). The number of aromatic nitrogens is 2. The molecule has 7 heteroatoms. The number of anilines is 1. The maximum Gasteiger partial charge on any atom is 0.257 e. The van der Waals surface area contributed by atoms with Crippen LogP contribution in [0.5, 0.6) is 0 Å². The summed E-state index contributed by atoms with van der Waals surface area (Å²) in [6, 6.07) is 7.46. The maximum absolute atomic E-state index is 12.7. The Hall–Kier alpha value is -2.28. The Morgan fingerprint density at radius 1 is 1.28 bits per heavy atom. The smallest absolute Gasteiger partial charge is 0.257 e. The Labute approximate surface area is 151 Å².